The number of aromatic nitrogens is 3. The fraction of sp³-hybridized carbons (Fsp3) is 0.357. The van der Waals surface area contributed by atoms with Gasteiger partial charge in [0.1, 0.15) is 5.69 Å². The van der Waals surface area contributed by atoms with Crippen LogP contribution >= 0.6 is 11.6 Å². The van der Waals surface area contributed by atoms with E-state index < -0.39 is 11.7 Å². The molecular weight excluding hydrogens is 493 g/mol. The van der Waals surface area contributed by atoms with Gasteiger partial charge in [0.2, 0.25) is 5.91 Å². The van der Waals surface area contributed by atoms with E-state index in [-0.39, 0.29) is 34.4 Å². The van der Waals surface area contributed by atoms with Crippen LogP contribution in [0.1, 0.15) is 66.2 Å². The molecule has 7 nitrogen and oxygen atoms in total. The van der Waals surface area contributed by atoms with Crippen molar-refractivity contribution in [3.8, 4) is 11.8 Å². The Bertz CT molecular complexity index is 1350. The van der Waals surface area contributed by atoms with E-state index in [0.29, 0.717) is 31.5 Å². The summed E-state index contributed by atoms with van der Waals surface area (Å²) in [5.74, 6) is 4.70. The number of hydrogen-bond donors (Lipinski definition) is 1. The molecule has 190 valence electrons. The summed E-state index contributed by atoms with van der Waals surface area (Å²) in [4.78, 5) is 31.8. The molecule has 2 aliphatic rings. The number of carbonyl (C=O) groups is 2. The number of rotatable bonds is 4. The number of piperidine rings is 1. The summed E-state index contributed by atoms with van der Waals surface area (Å²) >= 11 is 6.31. The molecule has 1 saturated carbocycles. The Morgan fingerprint density at radius 3 is 2.41 bits per heavy atom. The van der Waals surface area contributed by atoms with Crippen LogP contribution in [0.5, 0.6) is 0 Å². The van der Waals surface area contributed by atoms with Crippen molar-refractivity contribution < 1.29 is 14.0 Å². The highest BCUT2D eigenvalue weighted by molar-refractivity contribution is 6.34. The Kier molecular flexibility index (Phi) is 7.52. The second-order valence-electron chi connectivity index (χ2n) is 9.45. The second-order valence-corrected chi connectivity index (χ2v) is 9.86. The van der Waals surface area contributed by atoms with E-state index in [1.54, 1.807) is 4.68 Å². The molecule has 1 aliphatic heterocycles. The molecule has 0 unspecified atom stereocenters. The van der Waals surface area contributed by atoms with Gasteiger partial charge in [0.15, 0.2) is 11.6 Å². The average molecular weight is 520 g/mol. The highest BCUT2D eigenvalue weighted by Crippen LogP contribution is 2.31. The third-order valence-corrected chi connectivity index (χ3v) is 7.27. The molecule has 0 spiro atoms. The summed E-state index contributed by atoms with van der Waals surface area (Å²) in [5.41, 5.74) is 1.34. The van der Waals surface area contributed by atoms with Gasteiger partial charge in [-0.1, -0.05) is 54.5 Å². The van der Waals surface area contributed by atoms with Crippen LogP contribution in [-0.2, 0) is 4.79 Å². The van der Waals surface area contributed by atoms with Crippen molar-refractivity contribution in [2.24, 2.45) is 5.92 Å². The predicted octanol–water partition coefficient (Wildman–Crippen LogP) is 5.08. The minimum absolute atomic E-state index is 0.0886. The van der Waals surface area contributed by atoms with Crippen molar-refractivity contribution >= 4 is 29.2 Å². The van der Waals surface area contributed by atoms with Crippen LogP contribution in [-0.4, -0.2) is 44.6 Å². The smallest absolute Gasteiger partial charge is 0.276 e. The summed E-state index contributed by atoms with van der Waals surface area (Å²) < 4.78 is 16.3. The predicted molar refractivity (Wildman–Crippen MR) is 139 cm³/mol. The second kappa shape index (κ2) is 11.1. The Morgan fingerprint density at radius 1 is 1.00 bits per heavy atom. The average Bonchev–Trinajstić information content (AvgIpc) is 3.59. The quantitative estimate of drug-likeness (QED) is 0.488. The van der Waals surface area contributed by atoms with Gasteiger partial charge in [0, 0.05) is 36.3 Å². The SMILES string of the molecule is O=C(Nc1ncc(C#Cc2ccccc2)cc1F)c1c(Cl)cnn1C1CCN(C(=O)C2CCCC2)CC1. The van der Waals surface area contributed by atoms with Gasteiger partial charge >= 0.3 is 0 Å². The summed E-state index contributed by atoms with van der Waals surface area (Å²) in [7, 11) is 0. The molecule has 3 aromatic rings. The van der Waals surface area contributed by atoms with Crippen LogP contribution < -0.4 is 5.32 Å². The Balaban J connectivity index is 1.25. The molecule has 2 aromatic heterocycles. The van der Waals surface area contributed by atoms with E-state index in [9.17, 15) is 14.0 Å². The van der Waals surface area contributed by atoms with Crippen molar-refractivity contribution in [1.29, 1.82) is 0 Å². The van der Waals surface area contributed by atoms with Crippen molar-refractivity contribution in [1.82, 2.24) is 19.7 Å². The summed E-state index contributed by atoms with van der Waals surface area (Å²) in [6.45, 7) is 1.22. The maximum Gasteiger partial charge on any atom is 0.276 e. The van der Waals surface area contributed by atoms with Crippen LogP contribution in [0.4, 0.5) is 10.2 Å². The first-order valence-corrected chi connectivity index (χ1v) is 12.9. The fourth-order valence-corrected chi connectivity index (χ4v) is 5.24. The zero-order chi connectivity index (χ0) is 25.8. The minimum Gasteiger partial charge on any atom is -0.342 e. The van der Waals surface area contributed by atoms with E-state index in [1.807, 2.05) is 35.2 Å². The lowest BCUT2D eigenvalue weighted by Gasteiger charge is -2.34. The topological polar surface area (TPSA) is 80.1 Å². The molecular formula is C28H27ClFN5O2. The molecule has 2 amide bonds. The lowest BCUT2D eigenvalue weighted by molar-refractivity contribution is -0.136. The van der Waals surface area contributed by atoms with Gasteiger partial charge in [-0.25, -0.2) is 9.37 Å². The highest BCUT2D eigenvalue weighted by atomic mass is 35.5. The lowest BCUT2D eigenvalue weighted by atomic mass is 10.0. The number of anilines is 1. The normalized spacial score (nSPS) is 16.3. The van der Waals surface area contributed by atoms with Crippen LogP contribution in [0.25, 0.3) is 0 Å². The maximum atomic E-state index is 14.7. The van der Waals surface area contributed by atoms with Gasteiger partial charge < -0.3 is 10.2 Å². The molecule has 1 N–H and O–H groups in total. The first-order valence-electron chi connectivity index (χ1n) is 12.6. The number of carbonyl (C=O) groups excluding carboxylic acids is 2. The van der Waals surface area contributed by atoms with Crippen LogP contribution in [0.15, 0.2) is 48.8 Å². The molecule has 5 rings (SSSR count). The zero-order valence-corrected chi connectivity index (χ0v) is 21.0. The largest absolute Gasteiger partial charge is 0.342 e. The minimum atomic E-state index is -0.700. The standard InChI is InChI=1S/C28H27ClFN5O2/c29-23-18-32-35(22-12-14-34(15-13-22)28(37)21-8-4-5-9-21)25(23)27(36)33-26-24(30)16-20(17-31-26)11-10-19-6-2-1-3-7-19/h1-3,6-7,16-18,21-22H,4-5,8-9,12-15H2,(H,31,33,36). The van der Waals surface area contributed by atoms with E-state index in [4.69, 9.17) is 11.6 Å². The van der Waals surface area contributed by atoms with Crippen LogP contribution in [0, 0.1) is 23.6 Å². The van der Waals surface area contributed by atoms with E-state index in [1.165, 1.54) is 18.5 Å². The number of amides is 2. The van der Waals surface area contributed by atoms with Gasteiger partial charge in [0.05, 0.1) is 17.3 Å². The highest BCUT2D eigenvalue weighted by Gasteiger charge is 2.32. The molecule has 0 atom stereocenters. The summed E-state index contributed by atoms with van der Waals surface area (Å²) in [6, 6.07) is 10.5. The van der Waals surface area contributed by atoms with Crippen LogP contribution in [0.2, 0.25) is 5.02 Å². The number of pyridine rings is 1. The van der Waals surface area contributed by atoms with Crippen molar-refractivity contribution in [2.45, 2.75) is 44.6 Å². The van der Waals surface area contributed by atoms with E-state index in [2.05, 4.69) is 27.2 Å². The van der Waals surface area contributed by atoms with Crippen molar-refractivity contribution in [3.05, 3.63) is 76.5 Å². The molecule has 1 aromatic carbocycles. The van der Waals surface area contributed by atoms with Crippen molar-refractivity contribution in [3.63, 3.8) is 0 Å². The number of hydrogen-bond acceptors (Lipinski definition) is 4. The molecule has 9 heteroatoms. The molecule has 0 bridgehead atoms. The Labute approximate surface area is 220 Å². The van der Waals surface area contributed by atoms with Crippen LogP contribution in [0.3, 0.4) is 0 Å². The number of nitrogens with one attached hydrogen (secondary N) is 1. The first kappa shape index (κ1) is 25.0. The maximum absolute atomic E-state index is 14.7. The molecule has 3 heterocycles. The number of benzene rings is 1. The van der Waals surface area contributed by atoms with Gasteiger partial charge in [-0.15, -0.1) is 0 Å². The molecule has 2 fully saturated rings. The van der Waals surface area contributed by atoms with E-state index >= 15 is 0 Å². The van der Waals surface area contributed by atoms with Gasteiger partial charge in [0.25, 0.3) is 5.91 Å². The fourth-order valence-electron chi connectivity index (χ4n) is 5.02. The number of halogens is 2. The number of nitrogens with zero attached hydrogens (tertiary/aromatic N) is 4. The Hall–Kier alpha value is -3.70. The first-order chi connectivity index (χ1) is 18.0. The lowest BCUT2D eigenvalue weighted by Crippen LogP contribution is -2.42. The molecule has 0 radical (unpaired) electrons. The third-order valence-electron chi connectivity index (χ3n) is 6.99. The molecule has 37 heavy (non-hydrogen) atoms. The summed E-state index contributed by atoms with van der Waals surface area (Å²) in [5, 5.41) is 7.02. The van der Waals surface area contributed by atoms with E-state index in [0.717, 1.165) is 31.2 Å². The summed E-state index contributed by atoms with van der Waals surface area (Å²) in [6.07, 6.45) is 8.35. The van der Waals surface area contributed by atoms with Gasteiger partial charge in [-0.3, -0.25) is 14.3 Å². The zero-order valence-electron chi connectivity index (χ0n) is 20.3. The van der Waals surface area contributed by atoms with Gasteiger partial charge in [-0.2, -0.15) is 5.10 Å². The molecule has 1 saturated heterocycles. The van der Waals surface area contributed by atoms with Gasteiger partial charge in [-0.05, 0) is 43.9 Å². The number of likely N-dealkylation sites (tertiary alicyclic amines) is 1. The Morgan fingerprint density at radius 2 is 1.70 bits per heavy atom. The third kappa shape index (κ3) is 5.67. The van der Waals surface area contributed by atoms with Crippen molar-refractivity contribution in [2.75, 3.05) is 18.4 Å². The molecule has 1 aliphatic carbocycles. The monoisotopic (exact) mass is 519 g/mol.